The molecule has 8 heteroatoms. The highest BCUT2D eigenvalue weighted by Crippen LogP contribution is 2.20. The summed E-state index contributed by atoms with van der Waals surface area (Å²) in [5.74, 6) is -1.25. The molecule has 0 spiro atoms. The minimum absolute atomic E-state index is 0.111. The van der Waals surface area contributed by atoms with Crippen LogP contribution in [0.4, 0.5) is 9.18 Å². The molecule has 164 valence electrons. The second-order valence-corrected chi connectivity index (χ2v) is 7.87. The molecule has 1 N–H and O–H groups in total. The number of aromatic nitrogens is 1. The van der Waals surface area contributed by atoms with Crippen molar-refractivity contribution in [2.75, 3.05) is 13.2 Å². The number of alkyl carbamates (subject to hydrolysis) is 1. The molecule has 7 nitrogen and oxygen atoms in total. The van der Waals surface area contributed by atoms with Gasteiger partial charge in [0.2, 0.25) is 5.43 Å². The lowest BCUT2D eigenvalue weighted by atomic mass is 10.0. The van der Waals surface area contributed by atoms with Crippen molar-refractivity contribution in [1.29, 1.82) is 0 Å². The number of rotatable bonds is 7. The van der Waals surface area contributed by atoms with Gasteiger partial charge >= 0.3 is 12.1 Å². The molecule has 1 amide bonds. The van der Waals surface area contributed by atoms with Crippen LogP contribution in [-0.2, 0) is 22.4 Å². The van der Waals surface area contributed by atoms with Gasteiger partial charge in [0.1, 0.15) is 17.0 Å². The van der Waals surface area contributed by atoms with E-state index in [0.717, 1.165) is 0 Å². The van der Waals surface area contributed by atoms with E-state index < -0.39 is 28.9 Å². The number of nitrogens with one attached hydrogen (secondary N) is 1. The minimum atomic E-state index is -0.718. The average Bonchev–Trinajstić information content (AvgIpc) is 2.65. The summed E-state index contributed by atoms with van der Waals surface area (Å²) < 4.78 is 26.5. The number of benzene rings is 1. The predicted octanol–water partition coefficient (Wildman–Crippen LogP) is 3.79. The minimum Gasteiger partial charge on any atom is -0.462 e. The molecule has 30 heavy (non-hydrogen) atoms. The van der Waals surface area contributed by atoms with E-state index in [2.05, 4.69) is 5.32 Å². The SMILES string of the molecule is CCOC(=O)c1cn(CC)c2cc(CCCNC(=O)OC(C)(C)C)c(F)cc2c1=O. The van der Waals surface area contributed by atoms with E-state index in [9.17, 15) is 18.8 Å². The van der Waals surface area contributed by atoms with Gasteiger partial charge in [0.15, 0.2) is 0 Å². The van der Waals surface area contributed by atoms with Crippen LogP contribution in [0.2, 0.25) is 0 Å². The fourth-order valence-electron chi connectivity index (χ4n) is 3.04. The Morgan fingerprint density at radius 3 is 2.50 bits per heavy atom. The molecule has 2 aromatic rings. The number of esters is 1. The molecular weight excluding hydrogens is 391 g/mol. The third-order valence-corrected chi connectivity index (χ3v) is 4.38. The smallest absolute Gasteiger partial charge is 0.407 e. The predicted molar refractivity (Wildman–Crippen MR) is 112 cm³/mol. The highest BCUT2D eigenvalue weighted by atomic mass is 19.1. The molecule has 1 aromatic heterocycles. The van der Waals surface area contributed by atoms with Crippen LogP contribution in [0.3, 0.4) is 0 Å². The number of pyridine rings is 1. The van der Waals surface area contributed by atoms with Crippen LogP contribution in [0.1, 0.15) is 57.0 Å². The summed E-state index contributed by atoms with van der Waals surface area (Å²) in [4.78, 5) is 36.4. The standard InChI is InChI=1S/C22H29FN2O5/c1-6-25-13-16(20(27)29-7-2)19(26)15-12-17(23)14(11-18(15)25)9-8-10-24-21(28)30-22(3,4)5/h11-13H,6-10H2,1-5H3,(H,24,28). The molecule has 1 aromatic carbocycles. The van der Waals surface area contributed by atoms with Gasteiger partial charge in [0.05, 0.1) is 12.1 Å². The first-order valence-corrected chi connectivity index (χ1v) is 10.1. The summed E-state index contributed by atoms with van der Waals surface area (Å²) in [6, 6.07) is 2.79. The van der Waals surface area contributed by atoms with Crippen LogP contribution in [0, 0.1) is 5.82 Å². The maximum Gasteiger partial charge on any atom is 0.407 e. The third-order valence-electron chi connectivity index (χ3n) is 4.38. The van der Waals surface area contributed by atoms with Crippen LogP contribution < -0.4 is 10.7 Å². The molecule has 0 bridgehead atoms. The summed E-state index contributed by atoms with van der Waals surface area (Å²) in [6.45, 7) is 9.82. The Hall–Kier alpha value is -2.90. The number of carbonyl (C=O) groups excluding carboxylic acids is 2. The summed E-state index contributed by atoms with van der Waals surface area (Å²) in [5, 5.41) is 2.77. The van der Waals surface area contributed by atoms with E-state index in [1.807, 2.05) is 6.92 Å². The molecule has 0 radical (unpaired) electrons. The Morgan fingerprint density at radius 2 is 1.90 bits per heavy atom. The summed E-state index contributed by atoms with van der Waals surface area (Å²) in [5.41, 5.74) is -0.267. The lowest BCUT2D eigenvalue weighted by Gasteiger charge is -2.19. The average molecular weight is 420 g/mol. The summed E-state index contributed by atoms with van der Waals surface area (Å²) >= 11 is 0. The molecule has 0 saturated heterocycles. The second-order valence-electron chi connectivity index (χ2n) is 7.87. The van der Waals surface area contributed by atoms with Crippen molar-refractivity contribution in [1.82, 2.24) is 9.88 Å². The first-order valence-electron chi connectivity index (χ1n) is 10.1. The Kier molecular flexibility index (Phi) is 7.59. The van der Waals surface area contributed by atoms with Crippen molar-refractivity contribution in [3.05, 3.63) is 45.5 Å². The number of hydrogen-bond acceptors (Lipinski definition) is 5. The quantitative estimate of drug-likeness (QED) is 0.544. The summed E-state index contributed by atoms with van der Waals surface area (Å²) in [7, 11) is 0. The molecule has 0 aliphatic heterocycles. The molecule has 1 heterocycles. The van der Waals surface area contributed by atoms with Gasteiger partial charge in [-0.15, -0.1) is 0 Å². The van der Waals surface area contributed by atoms with Crippen molar-refractivity contribution in [2.24, 2.45) is 0 Å². The Bertz CT molecular complexity index is 992. The zero-order valence-corrected chi connectivity index (χ0v) is 18.1. The number of nitrogens with zero attached hydrogens (tertiary/aromatic N) is 1. The van der Waals surface area contributed by atoms with Gasteiger partial charge in [0.25, 0.3) is 0 Å². The maximum absolute atomic E-state index is 14.6. The number of fused-ring (bicyclic) bond motifs is 1. The Balaban J connectivity index is 2.22. The zero-order valence-electron chi connectivity index (χ0n) is 18.1. The molecule has 0 aliphatic rings. The van der Waals surface area contributed by atoms with E-state index in [-0.39, 0.29) is 17.6 Å². The second kappa shape index (κ2) is 9.73. The molecular formula is C22H29FN2O5. The number of ether oxygens (including phenoxy) is 2. The molecule has 0 aliphatic carbocycles. The number of hydrogen-bond donors (Lipinski definition) is 1. The van der Waals surface area contributed by atoms with Gasteiger partial charge in [0, 0.05) is 24.7 Å². The fraction of sp³-hybridized carbons (Fsp3) is 0.500. The van der Waals surface area contributed by atoms with Gasteiger partial charge in [-0.1, -0.05) is 0 Å². The monoisotopic (exact) mass is 420 g/mol. The molecule has 0 saturated carbocycles. The Labute approximate surface area is 175 Å². The lowest BCUT2D eigenvalue weighted by molar-refractivity contribution is 0.0515. The van der Waals surface area contributed by atoms with Crippen molar-refractivity contribution in [2.45, 2.75) is 59.6 Å². The fourth-order valence-corrected chi connectivity index (χ4v) is 3.04. The number of halogens is 1. The lowest BCUT2D eigenvalue weighted by Crippen LogP contribution is -2.33. The largest absolute Gasteiger partial charge is 0.462 e. The first-order chi connectivity index (χ1) is 14.1. The molecule has 2 rings (SSSR count). The van der Waals surface area contributed by atoms with Crippen molar-refractivity contribution in [3.8, 4) is 0 Å². The van der Waals surface area contributed by atoms with Gasteiger partial charge in [-0.05, 0) is 65.2 Å². The molecule has 0 atom stereocenters. The van der Waals surface area contributed by atoms with Crippen molar-refractivity contribution >= 4 is 23.0 Å². The third kappa shape index (κ3) is 5.81. The number of amides is 1. The van der Waals surface area contributed by atoms with Crippen LogP contribution in [0.15, 0.2) is 23.1 Å². The molecule has 0 unspecified atom stereocenters. The van der Waals surface area contributed by atoms with Gasteiger partial charge in [-0.25, -0.2) is 14.0 Å². The number of carbonyl (C=O) groups is 2. The van der Waals surface area contributed by atoms with Crippen molar-refractivity contribution in [3.63, 3.8) is 0 Å². The van der Waals surface area contributed by atoms with E-state index in [4.69, 9.17) is 9.47 Å². The summed E-state index contributed by atoms with van der Waals surface area (Å²) in [6.07, 6.45) is 1.80. The van der Waals surface area contributed by atoms with Gasteiger partial charge < -0.3 is 19.4 Å². The molecule has 0 fully saturated rings. The van der Waals surface area contributed by atoms with E-state index in [0.29, 0.717) is 37.0 Å². The van der Waals surface area contributed by atoms with Crippen molar-refractivity contribution < 1.29 is 23.5 Å². The van der Waals surface area contributed by atoms with Crippen LogP contribution in [0.25, 0.3) is 10.9 Å². The normalized spacial score (nSPS) is 11.4. The topological polar surface area (TPSA) is 86.6 Å². The Morgan fingerprint density at radius 1 is 1.20 bits per heavy atom. The zero-order chi connectivity index (χ0) is 22.5. The van der Waals surface area contributed by atoms with Gasteiger partial charge in [-0.2, -0.15) is 0 Å². The van der Waals surface area contributed by atoms with E-state index in [1.54, 1.807) is 38.3 Å². The van der Waals surface area contributed by atoms with Gasteiger partial charge in [-0.3, -0.25) is 4.79 Å². The van der Waals surface area contributed by atoms with Crippen LogP contribution in [0.5, 0.6) is 0 Å². The van der Waals surface area contributed by atoms with E-state index in [1.165, 1.54) is 12.3 Å². The maximum atomic E-state index is 14.6. The van der Waals surface area contributed by atoms with E-state index >= 15 is 0 Å². The highest BCUT2D eigenvalue weighted by Gasteiger charge is 2.18. The first kappa shape index (κ1) is 23.4. The van der Waals surface area contributed by atoms with Crippen LogP contribution >= 0.6 is 0 Å². The highest BCUT2D eigenvalue weighted by molar-refractivity contribution is 5.94. The number of aryl methyl sites for hydroxylation is 2. The van der Waals surface area contributed by atoms with Crippen LogP contribution in [-0.4, -0.2) is 35.4 Å².